The van der Waals surface area contributed by atoms with Crippen molar-refractivity contribution in [3.05, 3.63) is 29.8 Å². The molecule has 2 amide bonds. The maximum atomic E-state index is 11.9. The second-order valence-electron chi connectivity index (χ2n) is 5.56. The van der Waals surface area contributed by atoms with E-state index in [2.05, 4.69) is 5.32 Å². The van der Waals surface area contributed by atoms with Crippen LogP contribution in [0.5, 0.6) is 0 Å². The lowest BCUT2D eigenvalue weighted by Crippen LogP contribution is -2.34. The Morgan fingerprint density at radius 2 is 2.00 bits per heavy atom. The van der Waals surface area contributed by atoms with Crippen molar-refractivity contribution in [1.82, 2.24) is 5.32 Å². The molecule has 1 fully saturated rings. The van der Waals surface area contributed by atoms with Crippen LogP contribution in [0.15, 0.2) is 24.3 Å². The molecule has 1 unspecified atom stereocenters. The van der Waals surface area contributed by atoms with Crippen molar-refractivity contribution in [2.24, 2.45) is 0 Å². The van der Waals surface area contributed by atoms with Crippen LogP contribution in [0.3, 0.4) is 0 Å². The summed E-state index contributed by atoms with van der Waals surface area (Å²) in [6.07, 6.45) is -0.740. The standard InChI is InChI=1S/C17H22N2O5/c1-3-23-16(21)9-8-15(20)18-10-14-11-19(17(22)24-14)13-6-4-12(2)5-7-13/h4-7,14H,3,8-11H2,1-2H3,(H,18,20). The molecule has 1 aromatic carbocycles. The molecule has 1 heterocycles. The van der Waals surface area contributed by atoms with Crippen molar-refractivity contribution >= 4 is 23.7 Å². The molecule has 0 saturated carbocycles. The second-order valence-corrected chi connectivity index (χ2v) is 5.56. The van der Waals surface area contributed by atoms with Gasteiger partial charge >= 0.3 is 12.1 Å². The first-order valence-corrected chi connectivity index (χ1v) is 7.96. The molecule has 24 heavy (non-hydrogen) atoms. The Balaban J connectivity index is 1.76. The van der Waals surface area contributed by atoms with Gasteiger partial charge in [0, 0.05) is 12.1 Å². The summed E-state index contributed by atoms with van der Waals surface area (Å²) in [7, 11) is 0. The fourth-order valence-electron chi connectivity index (χ4n) is 2.33. The largest absolute Gasteiger partial charge is 0.466 e. The number of anilines is 1. The SMILES string of the molecule is CCOC(=O)CCC(=O)NCC1CN(c2ccc(C)cc2)C(=O)O1. The average molecular weight is 334 g/mol. The summed E-state index contributed by atoms with van der Waals surface area (Å²) in [4.78, 5) is 36.4. The number of carbonyl (C=O) groups is 3. The molecule has 0 bridgehead atoms. The molecule has 1 N–H and O–H groups in total. The number of benzene rings is 1. The van der Waals surface area contributed by atoms with Crippen molar-refractivity contribution in [2.45, 2.75) is 32.8 Å². The van der Waals surface area contributed by atoms with Crippen molar-refractivity contribution in [1.29, 1.82) is 0 Å². The van der Waals surface area contributed by atoms with Crippen molar-refractivity contribution in [3.8, 4) is 0 Å². The zero-order valence-corrected chi connectivity index (χ0v) is 13.9. The lowest BCUT2D eigenvalue weighted by Gasteiger charge is -2.13. The fourth-order valence-corrected chi connectivity index (χ4v) is 2.33. The van der Waals surface area contributed by atoms with E-state index in [9.17, 15) is 14.4 Å². The second kappa shape index (κ2) is 8.33. The van der Waals surface area contributed by atoms with Gasteiger partial charge in [-0.15, -0.1) is 0 Å². The molecule has 1 atom stereocenters. The number of esters is 1. The Bertz CT molecular complexity index is 600. The number of hydrogen-bond acceptors (Lipinski definition) is 5. The van der Waals surface area contributed by atoms with Crippen LogP contribution in [0.25, 0.3) is 0 Å². The summed E-state index contributed by atoms with van der Waals surface area (Å²) in [5, 5.41) is 2.67. The lowest BCUT2D eigenvalue weighted by molar-refractivity contribution is -0.144. The van der Waals surface area contributed by atoms with Gasteiger partial charge < -0.3 is 14.8 Å². The van der Waals surface area contributed by atoms with Gasteiger partial charge in [-0.05, 0) is 26.0 Å². The molecule has 0 aliphatic carbocycles. The number of carbonyl (C=O) groups excluding carboxylic acids is 3. The van der Waals surface area contributed by atoms with Gasteiger partial charge in [0.1, 0.15) is 6.10 Å². The minimum Gasteiger partial charge on any atom is -0.466 e. The normalized spacial score (nSPS) is 16.7. The number of nitrogens with one attached hydrogen (secondary N) is 1. The molecule has 2 rings (SSSR count). The van der Waals surface area contributed by atoms with Gasteiger partial charge in [-0.1, -0.05) is 17.7 Å². The topological polar surface area (TPSA) is 84.9 Å². The number of ether oxygens (including phenoxy) is 2. The highest BCUT2D eigenvalue weighted by Gasteiger charge is 2.32. The van der Waals surface area contributed by atoms with Crippen LogP contribution in [0.2, 0.25) is 0 Å². The maximum absolute atomic E-state index is 11.9. The first kappa shape index (κ1) is 17.8. The summed E-state index contributed by atoms with van der Waals surface area (Å²) in [5.41, 5.74) is 1.87. The Kier molecular flexibility index (Phi) is 6.17. The lowest BCUT2D eigenvalue weighted by atomic mass is 10.2. The Labute approximate surface area is 140 Å². The number of hydrogen-bond donors (Lipinski definition) is 1. The first-order valence-electron chi connectivity index (χ1n) is 7.96. The van der Waals surface area contributed by atoms with E-state index < -0.39 is 18.2 Å². The predicted octanol–water partition coefficient (Wildman–Crippen LogP) is 1.78. The minimum atomic E-state index is -0.426. The monoisotopic (exact) mass is 334 g/mol. The van der Waals surface area contributed by atoms with Crippen molar-refractivity contribution in [3.63, 3.8) is 0 Å². The molecule has 7 nitrogen and oxygen atoms in total. The average Bonchev–Trinajstić information content (AvgIpc) is 2.93. The third-order valence-electron chi connectivity index (χ3n) is 3.61. The maximum Gasteiger partial charge on any atom is 0.414 e. The highest BCUT2D eigenvalue weighted by atomic mass is 16.6. The first-order chi connectivity index (χ1) is 11.5. The predicted molar refractivity (Wildman–Crippen MR) is 87.7 cm³/mol. The molecule has 1 aliphatic heterocycles. The van der Waals surface area contributed by atoms with Crippen LogP contribution < -0.4 is 10.2 Å². The van der Waals surface area contributed by atoms with Gasteiger partial charge in [-0.25, -0.2) is 4.79 Å². The molecule has 0 radical (unpaired) electrons. The Morgan fingerprint density at radius 1 is 1.29 bits per heavy atom. The number of cyclic esters (lactones) is 1. The molecule has 0 aromatic heterocycles. The Morgan fingerprint density at radius 3 is 2.67 bits per heavy atom. The zero-order chi connectivity index (χ0) is 17.5. The van der Waals surface area contributed by atoms with E-state index in [4.69, 9.17) is 9.47 Å². The quantitative estimate of drug-likeness (QED) is 0.768. The van der Waals surface area contributed by atoms with Crippen molar-refractivity contribution in [2.75, 3.05) is 24.6 Å². The van der Waals surface area contributed by atoms with Crippen LogP contribution in [0.4, 0.5) is 10.5 Å². The molecule has 0 spiro atoms. The van der Waals surface area contributed by atoms with Crippen LogP contribution >= 0.6 is 0 Å². The summed E-state index contributed by atoms with van der Waals surface area (Å²) < 4.78 is 10.0. The van der Waals surface area contributed by atoms with E-state index in [1.807, 2.05) is 31.2 Å². The van der Waals surface area contributed by atoms with Gasteiger partial charge in [0.25, 0.3) is 0 Å². The molecule has 1 aromatic rings. The fraction of sp³-hybridized carbons (Fsp3) is 0.471. The van der Waals surface area contributed by atoms with Crippen LogP contribution in [0.1, 0.15) is 25.3 Å². The molecular formula is C17H22N2O5. The number of aryl methyl sites for hydroxylation is 1. The molecule has 1 saturated heterocycles. The van der Waals surface area contributed by atoms with E-state index in [1.54, 1.807) is 6.92 Å². The van der Waals surface area contributed by atoms with Gasteiger partial charge in [-0.3, -0.25) is 14.5 Å². The third kappa shape index (κ3) is 4.97. The number of amides is 2. The zero-order valence-electron chi connectivity index (χ0n) is 13.9. The van der Waals surface area contributed by atoms with Gasteiger partial charge in [0.05, 0.1) is 26.1 Å². The van der Waals surface area contributed by atoms with Gasteiger partial charge in [-0.2, -0.15) is 0 Å². The highest BCUT2D eigenvalue weighted by Crippen LogP contribution is 2.21. The highest BCUT2D eigenvalue weighted by molar-refractivity contribution is 5.89. The van der Waals surface area contributed by atoms with Crippen LogP contribution in [-0.2, 0) is 19.1 Å². The summed E-state index contributed by atoms with van der Waals surface area (Å²) in [6, 6.07) is 7.56. The van der Waals surface area contributed by atoms with Crippen molar-refractivity contribution < 1.29 is 23.9 Å². The summed E-state index contributed by atoms with van der Waals surface area (Å²) in [6.45, 7) is 4.58. The minimum absolute atomic E-state index is 0.0413. The van der Waals surface area contributed by atoms with Gasteiger partial charge in [0.15, 0.2) is 0 Å². The van der Waals surface area contributed by atoms with E-state index >= 15 is 0 Å². The smallest absolute Gasteiger partial charge is 0.414 e. The molecular weight excluding hydrogens is 312 g/mol. The molecule has 7 heteroatoms. The number of nitrogens with zero attached hydrogens (tertiary/aromatic N) is 1. The third-order valence-corrected chi connectivity index (χ3v) is 3.61. The summed E-state index contributed by atoms with van der Waals surface area (Å²) >= 11 is 0. The van der Waals surface area contributed by atoms with E-state index in [0.29, 0.717) is 13.2 Å². The van der Waals surface area contributed by atoms with Gasteiger partial charge in [0.2, 0.25) is 5.91 Å². The number of rotatable bonds is 7. The summed E-state index contributed by atoms with van der Waals surface area (Å²) in [5.74, 6) is -0.668. The molecule has 130 valence electrons. The van der Waals surface area contributed by atoms with E-state index in [0.717, 1.165) is 11.3 Å². The van der Waals surface area contributed by atoms with Crippen LogP contribution in [-0.4, -0.2) is 43.8 Å². The van der Waals surface area contributed by atoms with E-state index in [-0.39, 0.29) is 25.3 Å². The molecule has 1 aliphatic rings. The van der Waals surface area contributed by atoms with E-state index in [1.165, 1.54) is 4.90 Å². The Hall–Kier alpha value is -2.57. The van der Waals surface area contributed by atoms with Crippen LogP contribution in [0, 0.1) is 6.92 Å².